The summed E-state index contributed by atoms with van der Waals surface area (Å²) in [5.74, 6) is 2.74. The van der Waals surface area contributed by atoms with Crippen LogP contribution >= 0.6 is 11.8 Å². The average Bonchev–Trinajstić information content (AvgIpc) is 2.42. The number of fused-ring (bicyclic) bond motifs is 1. The van der Waals surface area contributed by atoms with Crippen molar-refractivity contribution in [2.45, 2.75) is 52.4 Å². The SMILES string of the molecule is CC.CC.CC(C)c1ccc2c(c1)SCCO2. The fourth-order valence-electron chi connectivity index (χ4n) is 1.42. The summed E-state index contributed by atoms with van der Waals surface area (Å²) in [6.45, 7) is 13.3. The molecule has 2 heteroatoms. The highest BCUT2D eigenvalue weighted by Gasteiger charge is 2.11. The smallest absolute Gasteiger partial charge is 0.132 e. The lowest BCUT2D eigenvalue weighted by Crippen LogP contribution is -2.06. The molecule has 0 N–H and O–H groups in total. The summed E-state index contributed by atoms with van der Waals surface area (Å²) >= 11 is 1.90. The molecule has 1 nitrogen and oxygen atoms in total. The zero-order chi connectivity index (χ0) is 13.3. The highest BCUT2D eigenvalue weighted by Crippen LogP contribution is 2.35. The lowest BCUT2D eigenvalue weighted by atomic mass is 10.0. The van der Waals surface area contributed by atoms with E-state index in [1.807, 2.05) is 39.5 Å². The van der Waals surface area contributed by atoms with Crippen molar-refractivity contribution in [1.82, 2.24) is 0 Å². The summed E-state index contributed by atoms with van der Waals surface area (Å²) in [5, 5.41) is 0. The van der Waals surface area contributed by atoms with Gasteiger partial charge in [0.15, 0.2) is 0 Å². The molecule has 0 atom stereocenters. The molecule has 98 valence electrons. The van der Waals surface area contributed by atoms with Gasteiger partial charge in [0, 0.05) is 10.6 Å². The first kappa shape index (κ1) is 16.4. The maximum Gasteiger partial charge on any atom is 0.132 e. The minimum Gasteiger partial charge on any atom is -0.492 e. The van der Waals surface area contributed by atoms with Gasteiger partial charge in [-0.1, -0.05) is 47.6 Å². The van der Waals surface area contributed by atoms with Crippen molar-refractivity contribution >= 4 is 11.8 Å². The van der Waals surface area contributed by atoms with E-state index in [2.05, 4.69) is 32.0 Å². The molecule has 0 saturated heterocycles. The van der Waals surface area contributed by atoms with E-state index in [-0.39, 0.29) is 0 Å². The van der Waals surface area contributed by atoms with E-state index in [1.54, 1.807) is 0 Å². The number of hydrogen-bond donors (Lipinski definition) is 0. The quantitative estimate of drug-likeness (QED) is 0.668. The van der Waals surface area contributed by atoms with Crippen LogP contribution in [-0.4, -0.2) is 12.4 Å². The number of rotatable bonds is 1. The van der Waals surface area contributed by atoms with Gasteiger partial charge in [-0.3, -0.25) is 0 Å². The predicted molar refractivity (Wildman–Crippen MR) is 79.4 cm³/mol. The highest BCUT2D eigenvalue weighted by atomic mass is 32.2. The fourth-order valence-corrected chi connectivity index (χ4v) is 2.29. The van der Waals surface area contributed by atoms with E-state index in [1.165, 1.54) is 10.5 Å². The van der Waals surface area contributed by atoms with Crippen molar-refractivity contribution in [2.24, 2.45) is 0 Å². The number of benzene rings is 1. The van der Waals surface area contributed by atoms with Crippen molar-refractivity contribution in [2.75, 3.05) is 12.4 Å². The Morgan fingerprint density at radius 2 is 1.76 bits per heavy atom. The molecule has 2 rings (SSSR count). The standard InChI is InChI=1S/C11H14OS.2C2H6/c1-8(2)9-3-4-10-11(7-9)13-6-5-12-10;2*1-2/h3-4,7-8H,5-6H2,1-2H3;2*1-2H3. The van der Waals surface area contributed by atoms with E-state index >= 15 is 0 Å². The molecule has 1 heterocycles. The fraction of sp³-hybridized carbons (Fsp3) is 0.600. The first-order valence-electron chi connectivity index (χ1n) is 6.67. The molecular formula is C15H26OS. The van der Waals surface area contributed by atoms with Crippen molar-refractivity contribution < 1.29 is 4.74 Å². The van der Waals surface area contributed by atoms with Crippen LogP contribution in [0, 0.1) is 0 Å². The summed E-state index contributed by atoms with van der Waals surface area (Å²) < 4.78 is 5.54. The molecule has 0 amide bonds. The van der Waals surface area contributed by atoms with Crippen LogP contribution in [0.1, 0.15) is 53.0 Å². The third-order valence-corrected chi connectivity index (χ3v) is 3.23. The number of hydrogen-bond acceptors (Lipinski definition) is 2. The molecular weight excluding hydrogens is 228 g/mol. The molecule has 0 aliphatic carbocycles. The highest BCUT2D eigenvalue weighted by molar-refractivity contribution is 7.99. The van der Waals surface area contributed by atoms with E-state index in [0.717, 1.165) is 18.1 Å². The van der Waals surface area contributed by atoms with Crippen LogP contribution in [0.4, 0.5) is 0 Å². The summed E-state index contributed by atoms with van der Waals surface area (Å²) in [7, 11) is 0. The summed E-state index contributed by atoms with van der Waals surface area (Å²) in [6.07, 6.45) is 0. The third kappa shape index (κ3) is 5.03. The normalized spacial score (nSPS) is 12.4. The second-order valence-corrected chi connectivity index (χ2v) is 4.69. The number of ether oxygens (including phenoxy) is 1. The Morgan fingerprint density at radius 3 is 2.35 bits per heavy atom. The van der Waals surface area contributed by atoms with Crippen LogP contribution in [0.15, 0.2) is 23.1 Å². The van der Waals surface area contributed by atoms with Gasteiger partial charge in [0.25, 0.3) is 0 Å². The average molecular weight is 254 g/mol. The van der Waals surface area contributed by atoms with Gasteiger partial charge in [-0.25, -0.2) is 0 Å². The van der Waals surface area contributed by atoms with Crippen molar-refractivity contribution in [1.29, 1.82) is 0 Å². The Balaban J connectivity index is 0.000000581. The molecule has 0 unspecified atom stereocenters. The first-order chi connectivity index (χ1) is 8.27. The van der Waals surface area contributed by atoms with Gasteiger partial charge >= 0.3 is 0 Å². The van der Waals surface area contributed by atoms with Crippen LogP contribution < -0.4 is 4.74 Å². The van der Waals surface area contributed by atoms with Crippen LogP contribution in [0.25, 0.3) is 0 Å². The number of thioether (sulfide) groups is 1. The van der Waals surface area contributed by atoms with Gasteiger partial charge in [-0.05, 0) is 23.6 Å². The van der Waals surface area contributed by atoms with Crippen molar-refractivity contribution in [3.05, 3.63) is 23.8 Å². The summed E-state index contributed by atoms with van der Waals surface area (Å²) in [4.78, 5) is 1.30. The Morgan fingerprint density at radius 1 is 1.12 bits per heavy atom. The molecule has 1 aromatic rings. The lowest BCUT2D eigenvalue weighted by molar-refractivity contribution is 0.330. The Bertz CT molecular complexity index is 308. The van der Waals surface area contributed by atoms with E-state index in [9.17, 15) is 0 Å². The maximum absolute atomic E-state index is 5.54. The summed E-state index contributed by atoms with van der Waals surface area (Å²) in [6, 6.07) is 6.51. The molecule has 0 spiro atoms. The molecule has 0 saturated carbocycles. The Labute approximate surface area is 111 Å². The Kier molecular flexibility index (Phi) is 9.06. The van der Waals surface area contributed by atoms with E-state index < -0.39 is 0 Å². The largest absolute Gasteiger partial charge is 0.492 e. The van der Waals surface area contributed by atoms with E-state index in [4.69, 9.17) is 4.74 Å². The van der Waals surface area contributed by atoms with Crippen LogP contribution in [0.3, 0.4) is 0 Å². The van der Waals surface area contributed by atoms with Crippen molar-refractivity contribution in [3.63, 3.8) is 0 Å². The minimum absolute atomic E-state index is 0.604. The molecule has 17 heavy (non-hydrogen) atoms. The molecule has 1 aliphatic heterocycles. The van der Waals surface area contributed by atoms with E-state index in [0.29, 0.717) is 5.92 Å². The van der Waals surface area contributed by atoms with Gasteiger partial charge in [-0.2, -0.15) is 0 Å². The van der Waals surface area contributed by atoms with Gasteiger partial charge in [-0.15, -0.1) is 11.8 Å². The zero-order valence-corrected chi connectivity index (χ0v) is 12.9. The molecule has 1 aliphatic rings. The lowest BCUT2D eigenvalue weighted by Gasteiger charge is -2.18. The second kappa shape index (κ2) is 9.41. The van der Waals surface area contributed by atoms with Crippen LogP contribution in [-0.2, 0) is 0 Å². The first-order valence-corrected chi connectivity index (χ1v) is 7.65. The topological polar surface area (TPSA) is 9.23 Å². The predicted octanol–water partition coefficient (Wildman–Crippen LogP) is 5.35. The van der Waals surface area contributed by atoms with Gasteiger partial charge in [0.2, 0.25) is 0 Å². The molecule has 0 radical (unpaired) electrons. The molecule has 0 fully saturated rings. The molecule has 0 bridgehead atoms. The van der Waals surface area contributed by atoms with Gasteiger partial charge in [0.1, 0.15) is 5.75 Å². The van der Waals surface area contributed by atoms with Crippen LogP contribution in [0.5, 0.6) is 5.75 Å². The monoisotopic (exact) mass is 254 g/mol. The van der Waals surface area contributed by atoms with Gasteiger partial charge < -0.3 is 4.74 Å². The summed E-state index contributed by atoms with van der Waals surface area (Å²) in [5.41, 5.74) is 1.40. The Hall–Kier alpha value is -0.630. The maximum atomic E-state index is 5.54. The van der Waals surface area contributed by atoms with Crippen molar-refractivity contribution in [3.8, 4) is 5.75 Å². The molecule has 0 aromatic heterocycles. The third-order valence-electron chi connectivity index (χ3n) is 2.23. The van der Waals surface area contributed by atoms with Gasteiger partial charge in [0.05, 0.1) is 6.61 Å². The zero-order valence-electron chi connectivity index (χ0n) is 12.0. The second-order valence-electron chi connectivity index (χ2n) is 3.56. The minimum atomic E-state index is 0.604. The van der Waals surface area contributed by atoms with Crippen LogP contribution in [0.2, 0.25) is 0 Å². The molecule has 1 aromatic carbocycles.